The van der Waals surface area contributed by atoms with E-state index in [-0.39, 0.29) is 5.41 Å². The van der Waals surface area contributed by atoms with Gasteiger partial charge in [-0.25, -0.2) is 0 Å². The summed E-state index contributed by atoms with van der Waals surface area (Å²) in [6.07, 6.45) is 0. The number of hydrogen-bond acceptors (Lipinski definition) is 2. The number of nitrogen functional groups attached to an aromatic ring is 1. The third-order valence-corrected chi connectivity index (χ3v) is 3.39. The van der Waals surface area contributed by atoms with Gasteiger partial charge in [0.2, 0.25) is 0 Å². The molecule has 0 fully saturated rings. The number of nitrogens with zero attached hydrogens (tertiary/aromatic N) is 1. The molecule has 1 aromatic heterocycles. The van der Waals surface area contributed by atoms with E-state index in [4.69, 9.17) is 5.73 Å². The van der Waals surface area contributed by atoms with Gasteiger partial charge in [-0.3, -0.25) is 4.98 Å². The van der Waals surface area contributed by atoms with Gasteiger partial charge in [0.1, 0.15) is 0 Å². The third-order valence-electron chi connectivity index (χ3n) is 3.39. The zero-order chi connectivity index (χ0) is 12.8. The van der Waals surface area contributed by atoms with Crippen molar-refractivity contribution in [1.82, 2.24) is 4.98 Å². The van der Waals surface area contributed by atoms with Crippen LogP contribution in [-0.4, -0.2) is 4.98 Å². The highest BCUT2D eigenvalue weighted by atomic mass is 14.7. The number of hydrogen-bond donors (Lipinski definition) is 1. The molecule has 2 N–H and O–H groups in total. The first-order valence-corrected chi connectivity index (χ1v) is 5.97. The number of aryl methyl sites for hydroxylation is 1. The van der Waals surface area contributed by atoms with Crippen molar-refractivity contribution < 1.29 is 0 Å². The van der Waals surface area contributed by atoms with E-state index in [1.54, 1.807) is 0 Å². The first-order chi connectivity index (χ1) is 7.80. The van der Waals surface area contributed by atoms with Crippen molar-refractivity contribution in [2.75, 3.05) is 5.73 Å². The van der Waals surface area contributed by atoms with E-state index in [1.807, 2.05) is 13.8 Å². The lowest BCUT2D eigenvalue weighted by molar-refractivity contribution is 0.591. The largest absolute Gasteiger partial charge is 0.398 e. The highest BCUT2D eigenvalue weighted by molar-refractivity contribution is 5.92. The summed E-state index contributed by atoms with van der Waals surface area (Å²) < 4.78 is 0. The van der Waals surface area contributed by atoms with E-state index in [0.717, 1.165) is 27.8 Å². The second-order valence-electron chi connectivity index (χ2n) is 5.72. The summed E-state index contributed by atoms with van der Waals surface area (Å²) in [6.45, 7) is 10.7. The summed E-state index contributed by atoms with van der Waals surface area (Å²) in [7, 11) is 0. The van der Waals surface area contributed by atoms with Crippen molar-refractivity contribution in [2.45, 2.75) is 40.0 Å². The summed E-state index contributed by atoms with van der Waals surface area (Å²) in [4.78, 5) is 4.58. The van der Waals surface area contributed by atoms with Crippen LogP contribution in [0, 0.1) is 13.8 Å². The van der Waals surface area contributed by atoms with Gasteiger partial charge in [-0.1, -0.05) is 26.8 Å². The van der Waals surface area contributed by atoms with E-state index < -0.39 is 0 Å². The Kier molecular flexibility index (Phi) is 2.61. The van der Waals surface area contributed by atoms with Crippen LogP contribution in [0.4, 0.5) is 5.69 Å². The third kappa shape index (κ3) is 1.99. The molecule has 0 aliphatic rings. The Hall–Kier alpha value is -1.57. The van der Waals surface area contributed by atoms with Crippen molar-refractivity contribution in [3.63, 3.8) is 0 Å². The molecule has 0 radical (unpaired) electrons. The van der Waals surface area contributed by atoms with Crippen LogP contribution in [-0.2, 0) is 5.41 Å². The van der Waals surface area contributed by atoms with Gasteiger partial charge in [-0.05, 0) is 42.5 Å². The Labute approximate surface area is 103 Å². The standard InChI is InChI=1S/C15H20N2/c1-9-10(2)17-13-7-6-11(15(3,4)5)8-12(13)14(9)16/h6-8H,1-5H3,(H2,16,17). The molecule has 2 nitrogen and oxygen atoms in total. The second kappa shape index (κ2) is 3.73. The number of fused-ring (bicyclic) bond motifs is 1. The zero-order valence-electron chi connectivity index (χ0n) is 11.3. The van der Waals surface area contributed by atoms with Crippen LogP contribution in [0.15, 0.2) is 18.2 Å². The number of pyridine rings is 1. The molecule has 0 atom stereocenters. The van der Waals surface area contributed by atoms with Crippen molar-refractivity contribution in [3.8, 4) is 0 Å². The fourth-order valence-corrected chi connectivity index (χ4v) is 1.98. The lowest BCUT2D eigenvalue weighted by atomic mass is 9.86. The van der Waals surface area contributed by atoms with Gasteiger partial charge in [0.25, 0.3) is 0 Å². The highest BCUT2D eigenvalue weighted by Crippen LogP contribution is 2.30. The fourth-order valence-electron chi connectivity index (χ4n) is 1.98. The SMILES string of the molecule is Cc1nc2ccc(C(C)(C)C)cc2c(N)c1C. The molecule has 2 heteroatoms. The predicted molar refractivity (Wildman–Crippen MR) is 74.3 cm³/mol. The quantitative estimate of drug-likeness (QED) is 0.746. The normalized spacial score (nSPS) is 12.1. The number of benzene rings is 1. The Morgan fingerprint density at radius 1 is 1.12 bits per heavy atom. The van der Waals surface area contributed by atoms with Gasteiger partial charge in [0.05, 0.1) is 5.52 Å². The summed E-state index contributed by atoms with van der Waals surface area (Å²) >= 11 is 0. The van der Waals surface area contributed by atoms with E-state index >= 15 is 0 Å². The number of nitrogens with two attached hydrogens (primary N) is 1. The maximum absolute atomic E-state index is 6.19. The molecule has 1 aromatic carbocycles. The molecule has 0 spiro atoms. The highest BCUT2D eigenvalue weighted by Gasteiger charge is 2.15. The monoisotopic (exact) mass is 228 g/mol. The molecule has 90 valence electrons. The molecular weight excluding hydrogens is 208 g/mol. The number of anilines is 1. The molecule has 0 amide bonds. The average Bonchev–Trinajstić information content (AvgIpc) is 2.24. The Morgan fingerprint density at radius 2 is 1.76 bits per heavy atom. The molecule has 0 bridgehead atoms. The van der Waals surface area contributed by atoms with Gasteiger partial charge in [0.15, 0.2) is 0 Å². The van der Waals surface area contributed by atoms with E-state index in [2.05, 4.69) is 44.0 Å². The molecular formula is C15H20N2. The molecule has 0 saturated carbocycles. The molecule has 1 heterocycles. The van der Waals surface area contributed by atoms with E-state index in [0.29, 0.717) is 0 Å². The minimum Gasteiger partial charge on any atom is -0.398 e. The van der Waals surface area contributed by atoms with Crippen molar-refractivity contribution >= 4 is 16.6 Å². The van der Waals surface area contributed by atoms with Gasteiger partial charge in [0, 0.05) is 16.8 Å². The molecule has 2 aromatic rings. The molecule has 0 unspecified atom stereocenters. The van der Waals surface area contributed by atoms with Crippen LogP contribution in [0.3, 0.4) is 0 Å². The van der Waals surface area contributed by atoms with Crippen LogP contribution in [0.25, 0.3) is 10.9 Å². The Bertz CT molecular complexity index is 577. The van der Waals surface area contributed by atoms with Gasteiger partial charge in [-0.2, -0.15) is 0 Å². The summed E-state index contributed by atoms with van der Waals surface area (Å²) in [5.74, 6) is 0. The van der Waals surface area contributed by atoms with Crippen LogP contribution in [0.5, 0.6) is 0 Å². The predicted octanol–water partition coefficient (Wildman–Crippen LogP) is 3.73. The maximum atomic E-state index is 6.19. The van der Waals surface area contributed by atoms with E-state index in [1.165, 1.54) is 5.56 Å². The van der Waals surface area contributed by atoms with E-state index in [9.17, 15) is 0 Å². The van der Waals surface area contributed by atoms with Crippen molar-refractivity contribution in [1.29, 1.82) is 0 Å². The smallest absolute Gasteiger partial charge is 0.0726 e. The zero-order valence-corrected chi connectivity index (χ0v) is 11.3. The summed E-state index contributed by atoms with van der Waals surface area (Å²) in [5, 5.41) is 1.07. The van der Waals surface area contributed by atoms with Crippen LogP contribution < -0.4 is 5.73 Å². The van der Waals surface area contributed by atoms with Gasteiger partial charge in [-0.15, -0.1) is 0 Å². The topological polar surface area (TPSA) is 38.9 Å². The van der Waals surface area contributed by atoms with Crippen LogP contribution in [0.2, 0.25) is 0 Å². The lowest BCUT2D eigenvalue weighted by Gasteiger charge is -2.20. The number of rotatable bonds is 0. The van der Waals surface area contributed by atoms with Gasteiger partial charge < -0.3 is 5.73 Å². The summed E-state index contributed by atoms with van der Waals surface area (Å²) in [5.41, 5.74) is 11.6. The molecule has 2 rings (SSSR count). The fraction of sp³-hybridized carbons (Fsp3) is 0.400. The van der Waals surface area contributed by atoms with Gasteiger partial charge >= 0.3 is 0 Å². The molecule has 0 aliphatic heterocycles. The van der Waals surface area contributed by atoms with Crippen LogP contribution in [0.1, 0.15) is 37.6 Å². The van der Waals surface area contributed by atoms with Crippen LogP contribution >= 0.6 is 0 Å². The molecule has 0 saturated heterocycles. The second-order valence-corrected chi connectivity index (χ2v) is 5.72. The number of aromatic nitrogens is 1. The minimum absolute atomic E-state index is 0.138. The Balaban J connectivity index is 2.78. The average molecular weight is 228 g/mol. The first-order valence-electron chi connectivity index (χ1n) is 5.97. The first kappa shape index (κ1) is 11.9. The summed E-state index contributed by atoms with van der Waals surface area (Å²) in [6, 6.07) is 6.38. The van der Waals surface area contributed by atoms with Crippen molar-refractivity contribution in [3.05, 3.63) is 35.0 Å². The van der Waals surface area contributed by atoms with Crippen molar-refractivity contribution in [2.24, 2.45) is 0 Å². The molecule has 0 aliphatic carbocycles. The minimum atomic E-state index is 0.138. The Morgan fingerprint density at radius 3 is 2.35 bits per heavy atom. The maximum Gasteiger partial charge on any atom is 0.0726 e. The lowest BCUT2D eigenvalue weighted by Crippen LogP contribution is -2.11. The molecule has 17 heavy (non-hydrogen) atoms.